The first-order chi connectivity index (χ1) is 33.9. The molecule has 70 heavy (non-hydrogen) atoms. The van der Waals surface area contributed by atoms with Crippen LogP contribution in [0.3, 0.4) is 0 Å². The number of carbonyl (C=O) groups excluding carboxylic acids is 2. The lowest BCUT2D eigenvalue weighted by atomic mass is 9.94. The zero-order chi connectivity index (χ0) is 50.2. The van der Waals surface area contributed by atoms with Gasteiger partial charge in [-0.3, -0.25) is 9.59 Å². The van der Waals surface area contributed by atoms with Gasteiger partial charge in [0.25, 0.3) is 11.8 Å². The van der Waals surface area contributed by atoms with Crippen LogP contribution in [0.25, 0.3) is 44.8 Å². The summed E-state index contributed by atoms with van der Waals surface area (Å²) in [5, 5.41) is 6.19. The molecule has 6 nitrogen and oxygen atoms in total. The van der Waals surface area contributed by atoms with Gasteiger partial charge >= 0.3 is 0 Å². The number of unbranched alkanes of at least 4 members (excludes halogenated alkanes) is 1. The smallest absolute Gasteiger partial charge is 0.258 e. The molecule has 6 aromatic carbocycles. The summed E-state index contributed by atoms with van der Waals surface area (Å²) in [5.74, 6) is -0.599. The van der Waals surface area contributed by atoms with Crippen LogP contribution in [0, 0.1) is 11.6 Å². The third-order valence-electron chi connectivity index (χ3n) is 12.0. The Labute approximate surface area is 414 Å². The number of halogens is 2. The molecule has 0 saturated heterocycles. The van der Waals surface area contributed by atoms with Crippen molar-refractivity contribution in [2.45, 2.75) is 106 Å². The summed E-state index contributed by atoms with van der Waals surface area (Å²) >= 11 is 0. The fraction of sp³-hybridized carbons (Fsp3) is 0.258. The molecule has 0 radical (unpaired) electrons. The van der Waals surface area contributed by atoms with E-state index in [-0.39, 0.29) is 35.3 Å². The van der Waals surface area contributed by atoms with Gasteiger partial charge in [-0.05, 0) is 120 Å². The highest BCUT2D eigenvalue weighted by Gasteiger charge is 2.32. The molecule has 0 aliphatic heterocycles. The van der Waals surface area contributed by atoms with E-state index in [1.54, 1.807) is 24.3 Å². The van der Waals surface area contributed by atoms with E-state index in [0.29, 0.717) is 11.1 Å². The van der Waals surface area contributed by atoms with Crippen LogP contribution >= 0.6 is 0 Å². The van der Waals surface area contributed by atoms with Crippen LogP contribution in [-0.4, -0.2) is 20.9 Å². The Morgan fingerprint density at radius 2 is 0.714 bits per heavy atom. The summed E-state index contributed by atoms with van der Waals surface area (Å²) in [6, 6.07) is 52.1. The maximum atomic E-state index is 13.8. The zero-order valence-corrected chi connectivity index (χ0v) is 42.0. The van der Waals surface area contributed by atoms with Gasteiger partial charge < -0.3 is 19.8 Å². The van der Waals surface area contributed by atoms with E-state index in [1.807, 2.05) is 121 Å². The number of para-hydroxylation sites is 2. The number of hydrogen-bond acceptors (Lipinski definition) is 2. The summed E-state index contributed by atoms with van der Waals surface area (Å²) < 4.78 is 32.1. The lowest BCUT2D eigenvalue weighted by Gasteiger charge is -2.16. The third kappa shape index (κ3) is 12.5. The Morgan fingerprint density at radius 3 is 0.986 bits per heavy atom. The van der Waals surface area contributed by atoms with E-state index in [1.165, 1.54) is 37.1 Å². The van der Waals surface area contributed by atoms with Crippen LogP contribution < -0.4 is 10.6 Å². The second-order valence-corrected chi connectivity index (χ2v) is 18.0. The van der Waals surface area contributed by atoms with E-state index >= 15 is 0 Å². The summed E-state index contributed by atoms with van der Waals surface area (Å²) in [5.41, 5.74) is 12.2. The van der Waals surface area contributed by atoms with Gasteiger partial charge in [0.05, 0.1) is 22.5 Å². The number of benzene rings is 6. The van der Waals surface area contributed by atoms with Crippen molar-refractivity contribution in [2.24, 2.45) is 0 Å². The normalized spacial score (nSPS) is 10.9. The molecule has 0 spiro atoms. The lowest BCUT2D eigenvalue weighted by Crippen LogP contribution is -2.16. The van der Waals surface area contributed by atoms with Gasteiger partial charge in [0.2, 0.25) is 0 Å². The molecule has 0 aliphatic carbocycles. The molecule has 0 aliphatic rings. The number of nitrogens with one attached hydrogen (secondary N) is 2. The quantitative estimate of drug-likeness (QED) is 0.108. The van der Waals surface area contributed by atoms with Crippen LogP contribution in [0.15, 0.2) is 170 Å². The first-order valence-corrected chi connectivity index (χ1v) is 24.8. The lowest BCUT2D eigenvalue weighted by molar-refractivity contribution is 0.101. The average Bonchev–Trinajstić information content (AvgIpc) is 3.90. The second kappa shape index (κ2) is 25.3. The third-order valence-corrected chi connectivity index (χ3v) is 12.0. The van der Waals surface area contributed by atoms with Crippen molar-refractivity contribution in [1.29, 1.82) is 0 Å². The van der Waals surface area contributed by atoms with E-state index in [9.17, 15) is 18.4 Å². The maximum Gasteiger partial charge on any atom is 0.258 e. The zero-order valence-electron chi connectivity index (χ0n) is 42.0. The summed E-state index contributed by atoms with van der Waals surface area (Å²) in [7, 11) is 0. The summed E-state index contributed by atoms with van der Waals surface area (Å²) in [6.45, 7) is 18.6. The number of aromatic nitrogens is 2. The fourth-order valence-corrected chi connectivity index (χ4v) is 8.86. The molecule has 8 heteroatoms. The number of carbonyl (C=O) groups is 2. The highest BCUT2D eigenvalue weighted by atomic mass is 19.1. The molecule has 0 bridgehead atoms. The van der Waals surface area contributed by atoms with Gasteiger partial charge in [-0.15, -0.1) is 0 Å². The molecule has 2 N–H and O–H groups in total. The van der Waals surface area contributed by atoms with Crippen LogP contribution in [-0.2, 0) is 13.1 Å². The topological polar surface area (TPSA) is 68.1 Å². The SMILES string of the molecule is CCCC.CCCn1c(-c2ccc(F)cc2)c(-c2ccccc2)c(C(=O)Nc2ccccc2)c1C(C)C.CCCn1c(-c2ccc(F)cc2)c(-c2ccccc2)c(C(=O)Nc2ccccc2)c1C(C)C. The minimum absolute atomic E-state index is 0.115. The number of hydrogen-bond donors (Lipinski definition) is 2. The second-order valence-electron chi connectivity index (χ2n) is 18.0. The van der Waals surface area contributed by atoms with Crippen molar-refractivity contribution in [3.05, 3.63) is 204 Å². The molecular formula is C62H68F2N4O2. The predicted octanol–water partition coefficient (Wildman–Crippen LogP) is 17.3. The number of anilines is 2. The number of nitrogens with zero attached hydrogens (tertiary/aromatic N) is 2. The van der Waals surface area contributed by atoms with Crippen molar-refractivity contribution >= 4 is 23.2 Å². The van der Waals surface area contributed by atoms with E-state index in [2.05, 4.69) is 75.2 Å². The minimum atomic E-state index is -0.278. The highest BCUT2D eigenvalue weighted by Crippen LogP contribution is 2.44. The van der Waals surface area contributed by atoms with Gasteiger partial charge in [0.1, 0.15) is 11.6 Å². The Balaban J connectivity index is 0.000000213. The van der Waals surface area contributed by atoms with Gasteiger partial charge in [-0.25, -0.2) is 8.78 Å². The Hall–Kier alpha value is -7.32. The molecule has 0 saturated carbocycles. The van der Waals surface area contributed by atoms with Crippen molar-refractivity contribution in [3.63, 3.8) is 0 Å². The standard InChI is InChI=1S/2C29H29FN2O.C4H10/c2*1-4-19-32-27(20(2)3)26(29(33)31-24-13-9-6-10-14-24)25(21-11-7-5-8-12-21)28(32)22-15-17-23(30)18-16-22;1-3-4-2/h2*5-18,20H,4,19H2,1-3H3,(H,31,33);3-4H2,1-2H3. The minimum Gasteiger partial charge on any atom is -0.343 e. The van der Waals surface area contributed by atoms with Crippen molar-refractivity contribution in [1.82, 2.24) is 9.13 Å². The molecule has 2 amide bonds. The molecule has 362 valence electrons. The number of amides is 2. The van der Waals surface area contributed by atoms with Crippen LogP contribution in [0.5, 0.6) is 0 Å². The molecule has 8 aromatic rings. The van der Waals surface area contributed by atoms with Crippen molar-refractivity contribution < 1.29 is 18.4 Å². The first-order valence-electron chi connectivity index (χ1n) is 24.8. The molecule has 2 aromatic heterocycles. The molecule has 2 heterocycles. The molecule has 0 fully saturated rings. The largest absolute Gasteiger partial charge is 0.343 e. The Morgan fingerprint density at radius 1 is 0.414 bits per heavy atom. The predicted molar refractivity (Wildman–Crippen MR) is 289 cm³/mol. The maximum absolute atomic E-state index is 13.8. The van der Waals surface area contributed by atoms with Crippen LogP contribution in [0.4, 0.5) is 20.2 Å². The van der Waals surface area contributed by atoms with E-state index in [4.69, 9.17) is 0 Å². The summed E-state index contributed by atoms with van der Waals surface area (Å²) in [6.07, 6.45) is 4.47. The highest BCUT2D eigenvalue weighted by molar-refractivity contribution is 6.13. The monoisotopic (exact) mass is 939 g/mol. The number of rotatable bonds is 15. The van der Waals surface area contributed by atoms with Gasteiger partial charge in [-0.1, -0.05) is 165 Å². The average molecular weight is 939 g/mol. The molecule has 0 unspecified atom stereocenters. The Kier molecular flexibility index (Phi) is 18.8. The fourth-order valence-electron chi connectivity index (χ4n) is 8.86. The van der Waals surface area contributed by atoms with Crippen molar-refractivity contribution in [2.75, 3.05) is 10.6 Å². The molecule has 0 atom stereocenters. The van der Waals surface area contributed by atoms with Gasteiger partial charge in [-0.2, -0.15) is 0 Å². The van der Waals surface area contributed by atoms with E-state index < -0.39 is 0 Å². The Bertz CT molecular complexity index is 2690. The van der Waals surface area contributed by atoms with Crippen LogP contribution in [0.1, 0.15) is 125 Å². The van der Waals surface area contributed by atoms with Crippen LogP contribution in [0.2, 0.25) is 0 Å². The van der Waals surface area contributed by atoms with Gasteiger partial charge in [0.15, 0.2) is 0 Å². The summed E-state index contributed by atoms with van der Waals surface area (Å²) in [4.78, 5) is 27.6. The molecular weight excluding hydrogens is 871 g/mol. The van der Waals surface area contributed by atoms with E-state index in [0.717, 1.165) is 93.5 Å². The van der Waals surface area contributed by atoms with Gasteiger partial charge in [0, 0.05) is 47.0 Å². The first kappa shape index (κ1) is 52.1. The van der Waals surface area contributed by atoms with Crippen molar-refractivity contribution in [3.8, 4) is 44.8 Å². The molecule has 8 rings (SSSR count).